The van der Waals surface area contributed by atoms with Crippen molar-refractivity contribution in [2.24, 2.45) is 0 Å². The molecule has 0 aliphatic carbocycles. The minimum atomic E-state index is -4.76. The number of hydrogen-bond donors (Lipinski definition) is 0. The van der Waals surface area contributed by atoms with E-state index >= 15 is 0 Å². The summed E-state index contributed by atoms with van der Waals surface area (Å²) >= 11 is 0. The third-order valence-corrected chi connectivity index (χ3v) is 3.08. The van der Waals surface area contributed by atoms with Crippen LogP contribution in [0.5, 0.6) is 0 Å². The summed E-state index contributed by atoms with van der Waals surface area (Å²) in [6.45, 7) is 0.433. The van der Waals surface area contributed by atoms with Crippen molar-refractivity contribution >= 4 is 11.7 Å². The molecule has 0 saturated carbocycles. The van der Waals surface area contributed by atoms with E-state index in [-0.39, 0.29) is 5.69 Å². The second-order valence-electron chi connectivity index (χ2n) is 4.18. The van der Waals surface area contributed by atoms with Crippen LogP contribution in [0.3, 0.4) is 0 Å². The molecule has 3 nitrogen and oxygen atoms in total. The van der Waals surface area contributed by atoms with Crippen molar-refractivity contribution < 1.29 is 27.1 Å². The van der Waals surface area contributed by atoms with Gasteiger partial charge in [-0.1, -0.05) is 0 Å². The Morgan fingerprint density at radius 2 is 2.11 bits per heavy atom. The van der Waals surface area contributed by atoms with Crippen LogP contribution in [0.1, 0.15) is 12.0 Å². The van der Waals surface area contributed by atoms with Crippen molar-refractivity contribution in [3.05, 3.63) is 29.6 Å². The molecule has 0 radical (unpaired) electrons. The second kappa shape index (κ2) is 4.71. The lowest BCUT2D eigenvalue weighted by Gasteiger charge is -2.40. The highest BCUT2D eigenvalue weighted by Gasteiger charge is 2.38. The number of alkyl halides is 3. The van der Waals surface area contributed by atoms with Crippen LogP contribution in [-0.2, 0) is 15.7 Å². The quantitative estimate of drug-likeness (QED) is 0.614. The highest BCUT2D eigenvalue weighted by atomic mass is 19.4. The van der Waals surface area contributed by atoms with Gasteiger partial charge in [0.05, 0.1) is 12.7 Å². The van der Waals surface area contributed by atoms with Crippen molar-refractivity contribution in [3.63, 3.8) is 0 Å². The number of nitrogens with zero attached hydrogens (tertiary/aromatic N) is 1. The first kappa shape index (κ1) is 13.6. The van der Waals surface area contributed by atoms with Crippen LogP contribution in [0.4, 0.5) is 23.2 Å². The summed E-state index contributed by atoms with van der Waals surface area (Å²) < 4.78 is 55.5. The Labute approximate surface area is 106 Å². The maximum absolute atomic E-state index is 13.1. The molecule has 1 aromatic rings. The van der Waals surface area contributed by atoms with E-state index in [0.717, 1.165) is 6.07 Å². The lowest BCUT2D eigenvalue weighted by Crippen LogP contribution is -2.53. The molecule has 1 fully saturated rings. The minimum Gasteiger partial charge on any atom is -0.467 e. The maximum atomic E-state index is 13.1. The van der Waals surface area contributed by atoms with Gasteiger partial charge in [0.1, 0.15) is 11.9 Å². The average Bonchev–Trinajstić information content (AvgIpc) is 2.28. The zero-order chi connectivity index (χ0) is 14.2. The molecule has 19 heavy (non-hydrogen) atoms. The van der Waals surface area contributed by atoms with Crippen molar-refractivity contribution in [3.8, 4) is 0 Å². The number of methoxy groups -OCH3 is 1. The predicted molar refractivity (Wildman–Crippen MR) is 59.2 cm³/mol. The molecule has 0 amide bonds. The summed E-state index contributed by atoms with van der Waals surface area (Å²) in [6, 6.07) is 2.09. The Balaban J connectivity index is 2.30. The molecular weight excluding hydrogens is 266 g/mol. The maximum Gasteiger partial charge on any atom is 0.419 e. The molecular formula is C12H11F4NO2. The number of benzene rings is 1. The van der Waals surface area contributed by atoms with Crippen LogP contribution in [0.15, 0.2) is 18.2 Å². The van der Waals surface area contributed by atoms with E-state index in [4.69, 9.17) is 0 Å². The molecule has 1 unspecified atom stereocenters. The summed E-state index contributed by atoms with van der Waals surface area (Å²) in [6.07, 6.45) is -4.25. The van der Waals surface area contributed by atoms with E-state index in [2.05, 4.69) is 4.74 Å². The monoisotopic (exact) mass is 277 g/mol. The van der Waals surface area contributed by atoms with E-state index in [1.54, 1.807) is 0 Å². The molecule has 1 aromatic carbocycles. The topological polar surface area (TPSA) is 29.5 Å². The fourth-order valence-electron chi connectivity index (χ4n) is 1.99. The molecule has 1 aliphatic heterocycles. The number of carbonyl (C=O) groups is 1. The largest absolute Gasteiger partial charge is 0.467 e. The fourth-order valence-corrected chi connectivity index (χ4v) is 1.99. The van der Waals surface area contributed by atoms with E-state index < -0.39 is 29.6 Å². The van der Waals surface area contributed by atoms with Gasteiger partial charge in [0.25, 0.3) is 0 Å². The van der Waals surface area contributed by atoms with Crippen LogP contribution in [0, 0.1) is 5.82 Å². The van der Waals surface area contributed by atoms with Gasteiger partial charge in [-0.3, -0.25) is 0 Å². The Morgan fingerprint density at radius 3 is 2.58 bits per heavy atom. The van der Waals surface area contributed by atoms with Gasteiger partial charge in [0.2, 0.25) is 0 Å². The van der Waals surface area contributed by atoms with E-state index in [9.17, 15) is 22.4 Å². The number of hydrogen-bond acceptors (Lipinski definition) is 3. The highest BCUT2D eigenvalue weighted by molar-refractivity contribution is 5.82. The Bertz CT molecular complexity index is 501. The number of carbonyl (C=O) groups excluding carboxylic acids is 1. The number of esters is 1. The zero-order valence-corrected chi connectivity index (χ0v) is 10.00. The molecule has 0 spiro atoms. The average molecular weight is 277 g/mol. The van der Waals surface area contributed by atoms with Gasteiger partial charge < -0.3 is 9.64 Å². The SMILES string of the molecule is COC(=O)C1CCN1c1ccc(F)c(C(F)(F)F)c1. The predicted octanol–water partition coefficient (Wildman–Crippen LogP) is 2.60. The first-order chi connectivity index (χ1) is 8.84. The highest BCUT2D eigenvalue weighted by Crippen LogP contribution is 2.36. The second-order valence-corrected chi connectivity index (χ2v) is 4.18. The molecule has 1 heterocycles. The summed E-state index contributed by atoms with van der Waals surface area (Å²) in [7, 11) is 1.21. The molecule has 0 bridgehead atoms. The molecule has 1 atom stereocenters. The number of halogens is 4. The zero-order valence-electron chi connectivity index (χ0n) is 10.00. The molecule has 1 aliphatic rings. The molecule has 0 N–H and O–H groups in total. The van der Waals surface area contributed by atoms with Gasteiger partial charge in [-0.05, 0) is 24.6 Å². The van der Waals surface area contributed by atoms with Crippen molar-refractivity contribution in [2.45, 2.75) is 18.6 Å². The van der Waals surface area contributed by atoms with Gasteiger partial charge in [0, 0.05) is 12.2 Å². The molecule has 2 rings (SSSR count). The van der Waals surface area contributed by atoms with E-state index in [1.807, 2.05) is 0 Å². The van der Waals surface area contributed by atoms with Gasteiger partial charge in [0.15, 0.2) is 0 Å². The van der Waals surface area contributed by atoms with Gasteiger partial charge >= 0.3 is 12.1 Å². The Kier molecular flexibility index (Phi) is 3.38. The first-order valence-electron chi connectivity index (χ1n) is 5.56. The molecule has 104 valence electrons. The Morgan fingerprint density at radius 1 is 1.42 bits per heavy atom. The first-order valence-corrected chi connectivity index (χ1v) is 5.56. The summed E-state index contributed by atoms with van der Waals surface area (Å²) in [4.78, 5) is 12.8. The van der Waals surface area contributed by atoms with Crippen LogP contribution in [0.2, 0.25) is 0 Å². The van der Waals surface area contributed by atoms with E-state index in [1.165, 1.54) is 18.1 Å². The van der Waals surface area contributed by atoms with Gasteiger partial charge in [-0.15, -0.1) is 0 Å². The molecule has 7 heteroatoms. The summed E-state index contributed by atoms with van der Waals surface area (Å²) in [5, 5.41) is 0. The summed E-state index contributed by atoms with van der Waals surface area (Å²) in [5.74, 6) is -1.84. The number of ether oxygens (including phenoxy) is 1. The minimum absolute atomic E-state index is 0.162. The third-order valence-electron chi connectivity index (χ3n) is 3.08. The van der Waals surface area contributed by atoms with Crippen molar-refractivity contribution in [2.75, 3.05) is 18.6 Å². The third kappa shape index (κ3) is 2.50. The number of anilines is 1. The lowest BCUT2D eigenvalue weighted by atomic mass is 10.0. The van der Waals surface area contributed by atoms with Crippen LogP contribution < -0.4 is 4.90 Å². The van der Waals surface area contributed by atoms with Crippen LogP contribution in [0.25, 0.3) is 0 Å². The van der Waals surface area contributed by atoms with Gasteiger partial charge in [-0.2, -0.15) is 13.2 Å². The van der Waals surface area contributed by atoms with Crippen molar-refractivity contribution in [1.29, 1.82) is 0 Å². The lowest BCUT2D eigenvalue weighted by molar-refractivity contribution is -0.143. The standard InChI is InChI=1S/C12H11F4NO2/c1-19-11(18)10-4-5-17(10)7-2-3-9(13)8(6-7)12(14,15)16/h2-3,6,10H,4-5H2,1H3. The number of rotatable bonds is 2. The Hall–Kier alpha value is -1.79. The van der Waals surface area contributed by atoms with Crippen LogP contribution >= 0.6 is 0 Å². The molecule has 0 aromatic heterocycles. The van der Waals surface area contributed by atoms with Crippen LogP contribution in [-0.4, -0.2) is 25.7 Å². The smallest absolute Gasteiger partial charge is 0.419 e. The summed E-state index contributed by atoms with van der Waals surface area (Å²) in [5.41, 5.74) is -1.17. The van der Waals surface area contributed by atoms with Gasteiger partial charge in [-0.25, -0.2) is 9.18 Å². The fraction of sp³-hybridized carbons (Fsp3) is 0.417. The normalized spacial score (nSPS) is 19.0. The van der Waals surface area contributed by atoms with Crippen molar-refractivity contribution in [1.82, 2.24) is 0 Å². The van der Waals surface area contributed by atoms with E-state index in [0.29, 0.717) is 19.0 Å². The molecule has 1 saturated heterocycles.